The van der Waals surface area contributed by atoms with Crippen LogP contribution in [0.2, 0.25) is 0 Å². The van der Waals surface area contributed by atoms with Gasteiger partial charge in [-0.05, 0) is 46.4 Å². The van der Waals surface area contributed by atoms with Gasteiger partial charge >= 0.3 is 12.4 Å². The van der Waals surface area contributed by atoms with E-state index < -0.39 is 23.5 Å². The SMILES string of the molecule is FC(F)(F)c1ccc(Cn2nc(I)c3ccccc32)c(C(F)(F)F)c1. The normalized spacial score (nSPS) is 12.8. The van der Waals surface area contributed by atoms with Crippen LogP contribution in [0.3, 0.4) is 0 Å². The molecule has 3 rings (SSSR count). The predicted molar refractivity (Wildman–Crippen MR) is 88.0 cm³/mol. The number of halogens is 7. The van der Waals surface area contributed by atoms with Crippen LogP contribution in [0.4, 0.5) is 26.3 Å². The van der Waals surface area contributed by atoms with Crippen LogP contribution < -0.4 is 0 Å². The molecule has 3 aromatic rings. The van der Waals surface area contributed by atoms with Crippen molar-refractivity contribution in [3.63, 3.8) is 0 Å². The fourth-order valence-electron chi connectivity index (χ4n) is 2.52. The van der Waals surface area contributed by atoms with Crippen molar-refractivity contribution in [3.8, 4) is 0 Å². The van der Waals surface area contributed by atoms with Gasteiger partial charge in [0.1, 0.15) is 3.70 Å². The Morgan fingerprint density at radius 1 is 0.920 bits per heavy atom. The lowest BCUT2D eigenvalue weighted by atomic mass is 10.0. The topological polar surface area (TPSA) is 17.8 Å². The van der Waals surface area contributed by atoms with E-state index in [0.29, 0.717) is 15.3 Å². The zero-order valence-corrected chi connectivity index (χ0v) is 14.4. The molecule has 2 aromatic carbocycles. The Morgan fingerprint density at radius 3 is 2.24 bits per heavy atom. The van der Waals surface area contributed by atoms with Crippen LogP contribution in [0.1, 0.15) is 16.7 Å². The number of hydrogen-bond acceptors (Lipinski definition) is 1. The minimum atomic E-state index is -4.90. The summed E-state index contributed by atoms with van der Waals surface area (Å²) in [6, 6.07) is 8.62. The van der Waals surface area contributed by atoms with Crippen LogP contribution in [0, 0.1) is 3.70 Å². The van der Waals surface area contributed by atoms with Gasteiger partial charge in [0, 0.05) is 5.39 Å². The van der Waals surface area contributed by atoms with Gasteiger partial charge in [-0.3, -0.25) is 4.68 Å². The fourth-order valence-corrected chi connectivity index (χ4v) is 3.24. The van der Waals surface area contributed by atoms with Gasteiger partial charge in [-0.1, -0.05) is 24.3 Å². The molecule has 0 bridgehead atoms. The number of benzene rings is 2. The molecule has 0 radical (unpaired) electrons. The molecule has 0 saturated heterocycles. The summed E-state index contributed by atoms with van der Waals surface area (Å²) in [6.45, 7) is -0.281. The molecule has 1 heterocycles. The quantitative estimate of drug-likeness (QED) is 0.346. The van der Waals surface area contributed by atoms with Crippen LogP contribution in [0.25, 0.3) is 10.9 Å². The molecule has 0 aliphatic rings. The lowest BCUT2D eigenvalue weighted by molar-refractivity contribution is -0.143. The molecule has 1 aromatic heterocycles. The molecular weight excluding hydrogens is 461 g/mol. The van der Waals surface area contributed by atoms with Crippen molar-refractivity contribution in [3.05, 3.63) is 62.9 Å². The van der Waals surface area contributed by atoms with E-state index >= 15 is 0 Å². The minimum absolute atomic E-state index is 0.145. The summed E-state index contributed by atoms with van der Waals surface area (Å²) in [7, 11) is 0. The molecule has 0 aliphatic carbocycles. The second kappa shape index (κ2) is 6.19. The highest BCUT2D eigenvalue weighted by atomic mass is 127. The van der Waals surface area contributed by atoms with Gasteiger partial charge in [0.25, 0.3) is 0 Å². The third-order valence-corrected chi connectivity index (χ3v) is 4.47. The number of para-hydroxylation sites is 1. The second-order valence-electron chi connectivity index (χ2n) is 5.33. The van der Waals surface area contributed by atoms with Gasteiger partial charge in [-0.25, -0.2) is 0 Å². The maximum Gasteiger partial charge on any atom is 0.416 e. The first-order valence-corrected chi connectivity index (χ1v) is 8.03. The van der Waals surface area contributed by atoms with Gasteiger partial charge in [0.2, 0.25) is 0 Å². The number of alkyl halides is 6. The summed E-state index contributed by atoms with van der Waals surface area (Å²) in [6.07, 6.45) is -9.74. The predicted octanol–water partition coefficient (Wildman–Crippen LogP) is 5.73. The van der Waals surface area contributed by atoms with Gasteiger partial charge in [0.05, 0.1) is 23.2 Å². The fraction of sp³-hybridized carbons (Fsp3) is 0.188. The van der Waals surface area contributed by atoms with E-state index in [4.69, 9.17) is 0 Å². The lowest BCUT2D eigenvalue weighted by Crippen LogP contribution is -2.15. The molecule has 0 fully saturated rings. The van der Waals surface area contributed by atoms with Crippen molar-refractivity contribution in [2.75, 3.05) is 0 Å². The first-order chi connectivity index (χ1) is 11.6. The number of hydrogen-bond donors (Lipinski definition) is 0. The maximum atomic E-state index is 13.2. The molecule has 0 unspecified atom stereocenters. The largest absolute Gasteiger partial charge is 0.416 e. The minimum Gasteiger partial charge on any atom is -0.259 e. The summed E-state index contributed by atoms with van der Waals surface area (Å²) in [5.74, 6) is 0. The molecule has 0 aliphatic heterocycles. The molecule has 25 heavy (non-hydrogen) atoms. The zero-order chi connectivity index (χ0) is 18.4. The first-order valence-electron chi connectivity index (χ1n) is 6.96. The highest BCUT2D eigenvalue weighted by Gasteiger charge is 2.38. The molecule has 132 valence electrons. The number of fused-ring (bicyclic) bond motifs is 1. The van der Waals surface area contributed by atoms with Crippen LogP contribution in [0.5, 0.6) is 0 Å². The van der Waals surface area contributed by atoms with Gasteiger partial charge in [0.15, 0.2) is 0 Å². The van der Waals surface area contributed by atoms with E-state index in [1.54, 1.807) is 24.3 Å². The van der Waals surface area contributed by atoms with E-state index in [0.717, 1.165) is 11.5 Å². The molecule has 0 saturated carbocycles. The van der Waals surface area contributed by atoms with Crippen molar-refractivity contribution < 1.29 is 26.3 Å². The Balaban J connectivity index is 2.10. The molecule has 0 amide bonds. The smallest absolute Gasteiger partial charge is 0.259 e. The monoisotopic (exact) mass is 470 g/mol. The van der Waals surface area contributed by atoms with E-state index in [1.165, 1.54) is 4.68 Å². The molecule has 0 atom stereocenters. The van der Waals surface area contributed by atoms with E-state index in [2.05, 4.69) is 5.10 Å². The Hall–Kier alpha value is -1.78. The Labute approximate surface area is 151 Å². The summed E-state index contributed by atoms with van der Waals surface area (Å²) < 4.78 is 79.9. The Morgan fingerprint density at radius 2 is 1.60 bits per heavy atom. The standard InChI is InChI=1S/C16H9F6IN2/c17-15(18,19)10-6-5-9(12(7-10)16(20,21)22)8-25-13-4-2-1-3-11(13)14(23)24-25/h1-7H,8H2. The van der Waals surface area contributed by atoms with Crippen LogP contribution in [0.15, 0.2) is 42.5 Å². The summed E-state index contributed by atoms with van der Waals surface area (Å²) in [5.41, 5.74) is -2.30. The number of nitrogens with zero attached hydrogens (tertiary/aromatic N) is 2. The highest BCUT2D eigenvalue weighted by Crippen LogP contribution is 2.37. The van der Waals surface area contributed by atoms with Crippen LogP contribution >= 0.6 is 22.6 Å². The van der Waals surface area contributed by atoms with E-state index in [1.807, 2.05) is 22.6 Å². The Kier molecular flexibility index (Phi) is 4.46. The van der Waals surface area contributed by atoms with Gasteiger partial charge in [-0.15, -0.1) is 0 Å². The maximum absolute atomic E-state index is 13.2. The number of aromatic nitrogens is 2. The Bertz CT molecular complexity index is 927. The second-order valence-corrected chi connectivity index (χ2v) is 6.35. The van der Waals surface area contributed by atoms with E-state index in [9.17, 15) is 26.3 Å². The molecule has 0 spiro atoms. The zero-order valence-electron chi connectivity index (χ0n) is 12.3. The third kappa shape index (κ3) is 3.60. The van der Waals surface area contributed by atoms with Gasteiger partial charge < -0.3 is 0 Å². The van der Waals surface area contributed by atoms with Gasteiger partial charge in [-0.2, -0.15) is 31.4 Å². The van der Waals surface area contributed by atoms with Crippen LogP contribution in [-0.4, -0.2) is 9.78 Å². The first kappa shape index (κ1) is 18.0. The summed E-state index contributed by atoms with van der Waals surface area (Å²) in [4.78, 5) is 0. The molecule has 2 nitrogen and oxygen atoms in total. The average molecular weight is 470 g/mol. The van der Waals surface area contributed by atoms with Crippen molar-refractivity contribution in [2.24, 2.45) is 0 Å². The van der Waals surface area contributed by atoms with Crippen molar-refractivity contribution in [1.29, 1.82) is 0 Å². The van der Waals surface area contributed by atoms with Crippen LogP contribution in [-0.2, 0) is 18.9 Å². The number of rotatable bonds is 2. The lowest BCUT2D eigenvalue weighted by Gasteiger charge is -2.16. The van der Waals surface area contributed by atoms with Crippen molar-refractivity contribution >= 4 is 33.5 Å². The highest BCUT2D eigenvalue weighted by molar-refractivity contribution is 14.1. The van der Waals surface area contributed by atoms with Crippen molar-refractivity contribution in [1.82, 2.24) is 9.78 Å². The third-order valence-electron chi connectivity index (χ3n) is 3.68. The van der Waals surface area contributed by atoms with Crippen molar-refractivity contribution in [2.45, 2.75) is 18.9 Å². The summed E-state index contributed by atoms with van der Waals surface area (Å²) >= 11 is 1.96. The molecule has 0 N–H and O–H groups in total. The average Bonchev–Trinajstić information content (AvgIpc) is 2.82. The van der Waals surface area contributed by atoms with E-state index in [-0.39, 0.29) is 18.2 Å². The molecule has 9 heteroatoms. The summed E-state index contributed by atoms with van der Waals surface area (Å²) in [5, 5.41) is 4.96. The molecular formula is C16H9F6IN2.